The number of benzene rings is 2. The number of aryl methyl sites for hydroxylation is 1. The first kappa shape index (κ1) is 21.2. The Labute approximate surface area is 184 Å². The van der Waals surface area contributed by atoms with E-state index < -0.39 is 11.5 Å². The standard InChI is InChI=1S/C25H22N2O5/c1-3-7-22(28)31-14-17-13-26-15(2)23-19(17)12-20(25(30)32-23)24(29)27-21-11-6-9-16-8-4-5-10-18(16)21/h4-6,8-13H,3,7,14H2,1-2H3,(H,27,29). The molecule has 0 radical (unpaired) electrons. The van der Waals surface area contributed by atoms with Crippen molar-refractivity contribution in [3.05, 3.63) is 82.0 Å². The Morgan fingerprint density at radius 3 is 2.69 bits per heavy atom. The molecule has 0 aliphatic rings. The van der Waals surface area contributed by atoms with Crippen LogP contribution in [0.25, 0.3) is 21.7 Å². The second-order valence-electron chi connectivity index (χ2n) is 7.45. The molecule has 1 amide bonds. The van der Waals surface area contributed by atoms with Crippen LogP contribution in [0.4, 0.5) is 5.69 Å². The Balaban J connectivity index is 1.71. The number of esters is 1. The summed E-state index contributed by atoms with van der Waals surface area (Å²) in [7, 11) is 0. The summed E-state index contributed by atoms with van der Waals surface area (Å²) < 4.78 is 10.7. The molecule has 7 heteroatoms. The fourth-order valence-corrected chi connectivity index (χ4v) is 3.51. The van der Waals surface area contributed by atoms with Gasteiger partial charge in [-0.1, -0.05) is 43.3 Å². The minimum Gasteiger partial charge on any atom is -0.461 e. The number of amides is 1. The van der Waals surface area contributed by atoms with E-state index >= 15 is 0 Å². The molecule has 2 aromatic heterocycles. The summed E-state index contributed by atoms with van der Waals surface area (Å²) in [6.07, 6.45) is 2.55. The molecule has 1 N–H and O–H groups in total. The van der Waals surface area contributed by atoms with Crippen LogP contribution in [0.2, 0.25) is 0 Å². The maximum absolute atomic E-state index is 13.0. The first-order chi connectivity index (χ1) is 15.5. The van der Waals surface area contributed by atoms with Gasteiger partial charge >= 0.3 is 11.6 Å². The molecule has 0 saturated heterocycles. The molecule has 0 unspecified atom stereocenters. The van der Waals surface area contributed by atoms with E-state index in [1.807, 2.05) is 43.3 Å². The molecule has 0 aliphatic carbocycles. The van der Waals surface area contributed by atoms with Crippen molar-refractivity contribution in [1.82, 2.24) is 4.98 Å². The number of nitrogens with one attached hydrogen (secondary N) is 1. The van der Waals surface area contributed by atoms with Crippen molar-refractivity contribution in [3.8, 4) is 0 Å². The van der Waals surface area contributed by atoms with Gasteiger partial charge in [-0.25, -0.2) is 4.79 Å². The molecule has 2 aromatic carbocycles. The van der Waals surface area contributed by atoms with Gasteiger partial charge in [-0.3, -0.25) is 14.6 Å². The fraction of sp³-hybridized carbons (Fsp3) is 0.200. The molecule has 0 aliphatic heterocycles. The average molecular weight is 430 g/mol. The van der Waals surface area contributed by atoms with Crippen LogP contribution in [0, 0.1) is 6.92 Å². The zero-order chi connectivity index (χ0) is 22.7. The molecule has 4 rings (SSSR count). The molecule has 0 saturated carbocycles. The van der Waals surface area contributed by atoms with Crippen molar-refractivity contribution in [2.24, 2.45) is 0 Å². The van der Waals surface area contributed by atoms with Crippen LogP contribution in [0.1, 0.15) is 41.4 Å². The third-order valence-corrected chi connectivity index (χ3v) is 5.16. The largest absolute Gasteiger partial charge is 0.461 e. The van der Waals surface area contributed by atoms with E-state index in [1.54, 1.807) is 19.2 Å². The summed E-state index contributed by atoms with van der Waals surface area (Å²) >= 11 is 0. The van der Waals surface area contributed by atoms with Crippen molar-refractivity contribution < 1.29 is 18.7 Å². The lowest BCUT2D eigenvalue weighted by atomic mass is 10.1. The lowest BCUT2D eigenvalue weighted by molar-refractivity contribution is -0.144. The van der Waals surface area contributed by atoms with E-state index in [-0.39, 0.29) is 23.7 Å². The molecular weight excluding hydrogens is 408 g/mol. The van der Waals surface area contributed by atoms with Gasteiger partial charge in [0.1, 0.15) is 12.2 Å². The number of hydrogen-bond acceptors (Lipinski definition) is 6. The number of hydrogen-bond donors (Lipinski definition) is 1. The molecule has 7 nitrogen and oxygen atoms in total. The first-order valence-electron chi connectivity index (χ1n) is 10.3. The number of pyridine rings is 1. The molecule has 162 valence electrons. The van der Waals surface area contributed by atoms with Gasteiger partial charge in [-0.05, 0) is 30.9 Å². The maximum Gasteiger partial charge on any atom is 0.349 e. The highest BCUT2D eigenvalue weighted by Crippen LogP contribution is 2.25. The third kappa shape index (κ3) is 4.23. The van der Waals surface area contributed by atoms with E-state index in [9.17, 15) is 14.4 Å². The molecular formula is C25H22N2O5. The predicted molar refractivity (Wildman–Crippen MR) is 122 cm³/mol. The van der Waals surface area contributed by atoms with Crippen molar-refractivity contribution >= 4 is 39.3 Å². The van der Waals surface area contributed by atoms with Crippen LogP contribution in [0.15, 0.2) is 63.9 Å². The predicted octanol–water partition coefficient (Wildman–Crippen LogP) is 4.75. The molecule has 0 fully saturated rings. The molecule has 32 heavy (non-hydrogen) atoms. The highest BCUT2D eigenvalue weighted by atomic mass is 16.5. The van der Waals surface area contributed by atoms with Gasteiger partial charge in [0.15, 0.2) is 5.58 Å². The number of fused-ring (bicyclic) bond motifs is 2. The van der Waals surface area contributed by atoms with Crippen LogP contribution >= 0.6 is 0 Å². The van der Waals surface area contributed by atoms with Crippen LogP contribution in [-0.4, -0.2) is 16.9 Å². The Morgan fingerprint density at radius 2 is 1.88 bits per heavy atom. The number of aromatic nitrogens is 1. The SMILES string of the molecule is CCCC(=O)OCc1cnc(C)c2oc(=O)c(C(=O)Nc3cccc4ccccc34)cc12. The van der Waals surface area contributed by atoms with Gasteiger partial charge in [0.2, 0.25) is 0 Å². The van der Waals surface area contributed by atoms with E-state index in [1.165, 1.54) is 6.07 Å². The zero-order valence-electron chi connectivity index (χ0n) is 17.8. The smallest absolute Gasteiger partial charge is 0.349 e. The number of rotatable bonds is 6. The van der Waals surface area contributed by atoms with Crippen molar-refractivity contribution in [2.45, 2.75) is 33.3 Å². The first-order valence-corrected chi connectivity index (χ1v) is 10.3. The van der Waals surface area contributed by atoms with E-state index in [0.717, 1.165) is 10.8 Å². The highest BCUT2D eigenvalue weighted by Gasteiger charge is 2.18. The number of carbonyl (C=O) groups excluding carboxylic acids is 2. The quantitative estimate of drug-likeness (QED) is 0.444. The lowest BCUT2D eigenvalue weighted by Crippen LogP contribution is -2.21. The zero-order valence-corrected chi connectivity index (χ0v) is 17.8. The van der Waals surface area contributed by atoms with Gasteiger partial charge in [0.05, 0.1) is 5.69 Å². The second kappa shape index (κ2) is 9.01. The lowest BCUT2D eigenvalue weighted by Gasteiger charge is -2.11. The Kier molecular flexibility index (Phi) is 5.98. The van der Waals surface area contributed by atoms with Gasteiger partial charge in [-0.2, -0.15) is 0 Å². The summed E-state index contributed by atoms with van der Waals surface area (Å²) in [5.74, 6) is -0.909. The van der Waals surface area contributed by atoms with Crippen LogP contribution in [-0.2, 0) is 16.1 Å². The fourth-order valence-electron chi connectivity index (χ4n) is 3.51. The normalized spacial score (nSPS) is 10.9. The topological polar surface area (TPSA) is 98.5 Å². The Morgan fingerprint density at radius 1 is 1.09 bits per heavy atom. The number of anilines is 1. The van der Waals surface area contributed by atoms with Crippen LogP contribution in [0.5, 0.6) is 0 Å². The van der Waals surface area contributed by atoms with Crippen molar-refractivity contribution in [1.29, 1.82) is 0 Å². The van der Waals surface area contributed by atoms with Gasteiger partial charge in [0, 0.05) is 34.6 Å². The summed E-state index contributed by atoms with van der Waals surface area (Å²) in [5, 5.41) is 5.14. The summed E-state index contributed by atoms with van der Waals surface area (Å²) in [6, 6.07) is 14.6. The minimum absolute atomic E-state index is 0.0271. The third-order valence-electron chi connectivity index (χ3n) is 5.16. The number of carbonyl (C=O) groups is 2. The minimum atomic E-state index is -0.764. The van der Waals surface area contributed by atoms with E-state index in [4.69, 9.17) is 9.15 Å². The summed E-state index contributed by atoms with van der Waals surface area (Å²) in [4.78, 5) is 41.6. The Hall–Kier alpha value is -4.00. The summed E-state index contributed by atoms with van der Waals surface area (Å²) in [6.45, 7) is 3.56. The van der Waals surface area contributed by atoms with E-state index in [0.29, 0.717) is 35.2 Å². The summed E-state index contributed by atoms with van der Waals surface area (Å²) in [5.41, 5.74) is 1.00. The van der Waals surface area contributed by atoms with Crippen LogP contribution < -0.4 is 10.9 Å². The maximum atomic E-state index is 13.0. The highest BCUT2D eigenvalue weighted by molar-refractivity contribution is 6.10. The van der Waals surface area contributed by atoms with Crippen molar-refractivity contribution in [3.63, 3.8) is 0 Å². The molecule has 0 bridgehead atoms. The molecule has 0 atom stereocenters. The molecule has 4 aromatic rings. The Bertz CT molecular complexity index is 1390. The number of nitrogens with zero attached hydrogens (tertiary/aromatic N) is 1. The van der Waals surface area contributed by atoms with Crippen molar-refractivity contribution in [2.75, 3.05) is 5.32 Å². The number of ether oxygens (including phenoxy) is 1. The monoisotopic (exact) mass is 430 g/mol. The molecule has 0 spiro atoms. The average Bonchev–Trinajstić information content (AvgIpc) is 2.79. The molecule has 2 heterocycles. The van der Waals surface area contributed by atoms with Gasteiger partial charge < -0.3 is 14.5 Å². The van der Waals surface area contributed by atoms with Gasteiger partial charge in [-0.15, -0.1) is 0 Å². The second-order valence-corrected chi connectivity index (χ2v) is 7.45. The van der Waals surface area contributed by atoms with E-state index in [2.05, 4.69) is 10.3 Å². The van der Waals surface area contributed by atoms with Crippen LogP contribution in [0.3, 0.4) is 0 Å². The van der Waals surface area contributed by atoms with Gasteiger partial charge in [0.25, 0.3) is 5.91 Å².